The lowest BCUT2D eigenvalue weighted by Gasteiger charge is -2.03. The zero-order valence-electron chi connectivity index (χ0n) is 8.58. The predicted octanol–water partition coefficient (Wildman–Crippen LogP) is 2.40. The summed E-state index contributed by atoms with van der Waals surface area (Å²) < 4.78 is 0. The summed E-state index contributed by atoms with van der Waals surface area (Å²) in [6.07, 6.45) is 1.10. The molecule has 0 aliphatic carbocycles. The maximum atomic E-state index is 8.55. The first-order valence-electron chi connectivity index (χ1n) is 5.03. The molecule has 2 nitrogen and oxygen atoms in total. The molecule has 0 atom stereocenters. The van der Waals surface area contributed by atoms with Crippen molar-refractivity contribution < 1.29 is 5.11 Å². The second-order valence-corrected chi connectivity index (χ2v) is 4.73. The number of rotatable bonds is 7. The number of aliphatic hydroxyl groups is 1. The molecule has 0 heterocycles. The Bertz CT molecular complexity index is 266. The van der Waals surface area contributed by atoms with Gasteiger partial charge in [0.25, 0.3) is 0 Å². The van der Waals surface area contributed by atoms with E-state index in [4.69, 9.17) is 16.7 Å². The summed E-state index contributed by atoms with van der Waals surface area (Å²) >= 11 is 7.61. The van der Waals surface area contributed by atoms with E-state index in [1.165, 1.54) is 4.90 Å². The van der Waals surface area contributed by atoms with Gasteiger partial charge in [0.2, 0.25) is 0 Å². The lowest BCUT2D eigenvalue weighted by molar-refractivity contribution is 0.292. The molecule has 0 radical (unpaired) electrons. The second kappa shape index (κ2) is 7.99. The van der Waals surface area contributed by atoms with E-state index in [-0.39, 0.29) is 6.61 Å². The van der Waals surface area contributed by atoms with E-state index < -0.39 is 0 Å². The maximum absolute atomic E-state index is 8.55. The molecule has 1 aromatic rings. The van der Waals surface area contributed by atoms with Crippen LogP contribution in [0.4, 0.5) is 0 Å². The Morgan fingerprint density at radius 1 is 1.20 bits per heavy atom. The minimum absolute atomic E-state index is 0.213. The summed E-state index contributed by atoms with van der Waals surface area (Å²) in [5, 5.41) is 12.5. The minimum Gasteiger partial charge on any atom is -0.395 e. The summed E-state index contributed by atoms with van der Waals surface area (Å²) in [6, 6.07) is 7.89. The number of nitrogens with one attached hydrogen (secondary N) is 1. The Morgan fingerprint density at radius 2 is 1.93 bits per heavy atom. The van der Waals surface area contributed by atoms with E-state index in [1.54, 1.807) is 0 Å². The molecule has 0 bridgehead atoms. The molecule has 15 heavy (non-hydrogen) atoms. The minimum atomic E-state index is 0.213. The maximum Gasteiger partial charge on any atom is 0.0555 e. The van der Waals surface area contributed by atoms with Crippen LogP contribution in [0.15, 0.2) is 29.2 Å². The predicted molar refractivity (Wildman–Crippen MR) is 66.7 cm³/mol. The van der Waals surface area contributed by atoms with Gasteiger partial charge in [-0.1, -0.05) is 11.6 Å². The van der Waals surface area contributed by atoms with Crippen molar-refractivity contribution in [3.63, 3.8) is 0 Å². The average molecular weight is 246 g/mol. The summed E-state index contributed by atoms with van der Waals surface area (Å²) in [5.74, 6) is 1.08. The van der Waals surface area contributed by atoms with Crippen LogP contribution in [0.5, 0.6) is 0 Å². The average Bonchev–Trinajstić information content (AvgIpc) is 2.26. The van der Waals surface area contributed by atoms with Crippen LogP contribution >= 0.6 is 23.4 Å². The molecule has 0 saturated heterocycles. The third kappa shape index (κ3) is 6.05. The Balaban J connectivity index is 2.07. The fourth-order valence-corrected chi connectivity index (χ4v) is 2.10. The van der Waals surface area contributed by atoms with Gasteiger partial charge in [0.1, 0.15) is 0 Å². The molecule has 84 valence electrons. The Labute approximate surface area is 100 Å². The van der Waals surface area contributed by atoms with Crippen molar-refractivity contribution in [2.75, 3.05) is 25.4 Å². The van der Waals surface area contributed by atoms with Gasteiger partial charge in [-0.05, 0) is 43.0 Å². The monoisotopic (exact) mass is 245 g/mol. The molecule has 4 heteroatoms. The first-order valence-corrected chi connectivity index (χ1v) is 6.39. The van der Waals surface area contributed by atoms with Gasteiger partial charge >= 0.3 is 0 Å². The molecular weight excluding hydrogens is 230 g/mol. The highest BCUT2D eigenvalue weighted by Crippen LogP contribution is 2.20. The Kier molecular flexibility index (Phi) is 6.85. The van der Waals surface area contributed by atoms with Gasteiger partial charge < -0.3 is 10.4 Å². The van der Waals surface area contributed by atoms with Crippen LogP contribution in [0.1, 0.15) is 6.42 Å². The molecule has 1 rings (SSSR count). The third-order valence-corrected chi connectivity index (χ3v) is 3.22. The van der Waals surface area contributed by atoms with Gasteiger partial charge in [-0.3, -0.25) is 0 Å². The second-order valence-electron chi connectivity index (χ2n) is 3.13. The quantitative estimate of drug-likeness (QED) is 0.572. The smallest absolute Gasteiger partial charge is 0.0555 e. The number of thioether (sulfide) groups is 1. The summed E-state index contributed by atoms with van der Waals surface area (Å²) in [4.78, 5) is 1.25. The number of hydrogen-bond acceptors (Lipinski definition) is 3. The van der Waals surface area contributed by atoms with Crippen LogP contribution < -0.4 is 5.32 Å². The van der Waals surface area contributed by atoms with Crippen molar-refractivity contribution in [2.24, 2.45) is 0 Å². The first kappa shape index (κ1) is 12.8. The van der Waals surface area contributed by atoms with Gasteiger partial charge in [-0.25, -0.2) is 0 Å². The van der Waals surface area contributed by atoms with Crippen molar-refractivity contribution >= 4 is 23.4 Å². The molecule has 0 unspecified atom stereocenters. The van der Waals surface area contributed by atoms with E-state index in [9.17, 15) is 0 Å². The largest absolute Gasteiger partial charge is 0.395 e. The van der Waals surface area contributed by atoms with Crippen molar-refractivity contribution in [2.45, 2.75) is 11.3 Å². The van der Waals surface area contributed by atoms with Crippen LogP contribution in [0.25, 0.3) is 0 Å². The van der Waals surface area contributed by atoms with Gasteiger partial charge in [-0.2, -0.15) is 0 Å². The summed E-state index contributed by atoms with van der Waals surface area (Å²) in [7, 11) is 0. The van der Waals surface area contributed by atoms with E-state index >= 15 is 0 Å². The zero-order chi connectivity index (χ0) is 10.9. The normalized spacial score (nSPS) is 10.5. The summed E-state index contributed by atoms with van der Waals surface area (Å²) in [6.45, 7) is 1.86. The number of halogens is 1. The van der Waals surface area contributed by atoms with E-state index in [0.29, 0.717) is 6.54 Å². The fourth-order valence-electron chi connectivity index (χ4n) is 1.12. The van der Waals surface area contributed by atoms with Crippen molar-refractivity contribution in [3.05, 3.63) is 29.3 Å². The molecule has 0 aliphatic rings. The first-order chi connectivity index (χ1) is 7.33. The number of benzene rings is 1. The number of aliphatic hydroxyl groups excluding tert-OH is 1. The van der Waals surface area contributed by atoms with Gasteiger partial charge in [-0.15, -0.1) is 11.8 Å². The highest BCUT2D eigenvalue weighted by molar-refractivity contribution is 7.99. The van der Waals surface area contributed by atoms with Gasteiger partial charge in [0, 0.05) is 16.5 Å². The molecule has 0 fully saturated rings. The Hall–Kier alpha value is -0.220. The lowest BCUT2D eigenvalue weighted by Crippen LogP contribution is -2.19. The Morgan fingerprint density at radius 3 is 2.60 bits per heavy atom. The molecule has 2 N–H and O–H groups in total. The van der Waals surface area contributed by atoms with E-state index in [0.717, 1.165) is 23.7 Å². The van der Waals surface area contributed by atoms with Gasteiger partial charge in [0.05, 0.1) is 6.61 Å². The van der Waals surface area contributed by atoms with E-state index in [2.05, 4.69) is 5.32 Å². The summed E-state index contributed by atoms with van der Waals surface area (Å²) in [5.41, 5.74) is 0. The van der Waals surface area contributed by atoms with Crippen LogP contribution in [-0.2, 0) is 0 Å². The van der Waals surface area contributed by atoms with E-state index in [1.807, 2.05) is 36.0 Å². The van der Waals surface area contributed by atoms with Crippen molar-refractivity contribution in [3.8, 4) is 0 Å². The standard InChI is InChI=1S/C11H16ClNOS/c12-10-2-4-11(5-3-10)15-9-1-6-13-7-8-14/h2-5,13-14H,1,6-9H2. The molecule has 0 amide bonds. The van der Waals surface area contributed by atoms with Crippen molar-refractivity contribution in [1.82, 2.24) is 5.32 Å². The molecule has 0 spiro atoms. The molecular formula is C11H16ClNOS. The van der Waals surface area contributed by atoms with Crippen LogP contribution in [-0.4, -0.2) is 30.6 Å². The van der Waals surface area contributed by atoms with Crippen LogP contribution in [0.2, 0.25) is 5.02 Å². The van der Waals surface area contributed by atoms with Crippen molar-refractivity contribution in [1.29, 1.82) is 0 Å². The molecule has 1 aromatic carbocycles. The van der Waals surface area contributed by atoms with Crippen LogP contribution in [0, 0.1) is 0 Å². The zero-order valence-corrected chi connectivity index (χ0v) is 10.2. The SMILES string of the molecule is OCCNCCCSc1ccc(Cl)cc1. The third-order valence-electron chi connectivity index (χ3n) is 1.87. The number of hydrogen-bond donors (Lipinski definition) is 2. The molecule has 0 saturated carbocycles. The highest BCUT2D eigenvalue weighted by Gasteiger charge is 1.94. The highest BCUT2D eigenvalue weighted by atomic mass is 35.5. The fraction of sp³-hybridized carbons (Fsp3) is 0.455. The van der Waals surface area contributed by atoms with Gasteiger partial charge in [0.15, 0.2) is 0 Å². The topological polar surface area (TPSA) is 32.3 Å². The molecule has 0 aromatic heterocycles. The molecule has 0 aliphatic heterocycles. The lowest BCUT2D eigenvalue weighted by atomic mass is 10.4. The van der Waals surface area contributed by atoms with Crippen LogP contribution in [0.3, 0.4) is 0 Å².